The highest BCUT2D eigenvalue weighted by atomic mass is 16.5. The molecule has 0 radical (unpaired) electrons. The van der Waals surface area contributed by atoms with Gasteiger partial charge in [0.15, 0.2) is 6.61 Å². The molecule has 0 aromatic heterocycles. The molecule has 7 nitrogen and oxygen atoms in total. The molecule has 1 N–H and O–H groups in total. The molecule has 0 saturated carbocycles. The summed E-state index contributed by atoms with van der Waals surface area (Å²) in [6.07, 6.45) is 0.211. The third-order valence-electron chi connectivity index (χ3n) is 4.20. The third kappa shape index (κ3) is 5.16. The fourth-order valence-corrected chi connectivity index (χ4v) is 2.86. The number of amides is 2. The average Bonchev–Trinajstić information content (AvgIpc) is 2.72. The van der Waals surface area contributed by atoms with Crippen molar-refractivity contribution in [2.45, 2.75) is 13.3 Å². The molecular formula is C21H24N2O5. The SMILES string of the molecule is CCOc1ccc(OCCNC(=O)CCN2C(=O)COc3ccccc32)cc1. The molecule has 0 saturated heterocycles. The van der Waals surface area contributed by atoms with Crippen LogP contribution in [0, 0.1) is 0 Å². The molecule has 1 heterocycles. The number of carbonyl (C=O) groups excluding carboxylic acids is 2. The first kappa shape index (κ1) is 19.5. The molecular weight excluding hydrogens is 360 g/mol. The van der Waals surface area contributed by atoms with Crippen LogP contribution in [0.5, 0.6) is 17.2 Å². The number of benzene rings is 2. The van der Waals surface area contributed by atoms with Crippen molar-refractivity contribution < 1.29 is 23.8 Å². The van der Waals surface area contributed by atoms with Crippen LogP contribution in [0.2, 0.25) is 0 Å². The van der Waals surface area contributed by atoms with E-state index >= 15 is 0 Å². The molecule has 0 bridgehead atoms. The van der Waals surface area contributed by atoms with Gasteiger partial charge in [-0.25, -0.2) is 0 Å². The van der Waals surface area contributed by atoms with Crippen molar-refractivity contribution in [2.75, 3.05) is 37.8 Å². The Labute approximate surface area is 164 Å². The Bertz CT molecular complexity index is 807. The molecule has 0 unspecified atom stereocenters. The molecule has 0 aliphatic carbocycles. The minimum Gasteiger partial charge on any atom is -0.494 e. The van der Waals surface area contributed by atoms with Crippen molar-refractivity contribution in [3.8, 4) is 17.2 Å². The maximum absolute atomic E-state index is 12.1. The summed E-state index contributed by atoms with van der Waals surface area (Å²) >= 11 is 0. The van der Waals surface area contributed by atoms with Crippen molar-refractivity contribution in [1.29, 1.82) is 0 Å². The fourth-order valence-electron chi connectivity index (χ4n) is 2.86. The van der Waals surface area contributed by atoms with E-state index in [-0.39, 0.29) is 24.8 Å². The smallest absolute Gasteiger partial charge is 0.265 e. The first-order chi connectivity index (χ1) is 13.7. The van der Waals surface area contributed by atoms with E-state index in [1.54, 1.807) is 4.90 Å². The van der Waals surface area contributed by atoms with Gasteiger partial charge in [-0.3, -0.25) is 9.59 Å². The van der Waals surface area contributed by atoms with Crippen molar-refractivity contribution in [3.05, 3.63) is 48.5 Å². The molecule has 28 heavy (non-hydrogen) atoms. The Morgan fingerprint density at radius 1 is 1.11 bits per heavy atom. The number of hydrogen-bond donors (Lipinski definition) is 1. The highest BCUT2D eigenvalue weighted by Crippen LogP contribution is 2.31. The van der Waals surface area contributed by atoms with Gasteiger partial charge in [0.05, 0.1) is 18.8 Å². The van der Waals surface area contributed by atoms with Crippen LogP contribution in [0.25, 0.3) is 0 Å². The van der Waals surface area contributed by atoms with E-state index in [2.05, 4.69) is 5.32 Å². The molecule has 3 rings (SSSR count). The molecule has 0 spiro atoms. The van der Waals surface area contributed by atoms with Gasteiger partial charge < -0.3 is 24.4 Å². The van der Waals surface area contributed by atoms with Gasteiger partial charge in [0.1, 0.15) is 23.9 Å². The number of fused-ring (bicyclic) bond motifs is 1. The number of nitrogens with one attached hydrogen (secondary N) is 1. The zero-order valence-corrected chi connectivity index (χ0v) is 15.8. The Balaban J connectivity index is 1.38. The molecule has 148 valence electrons. The van der Waals surface area contributed by atoms with Crippen LogP contribution < -0.4 is 24.4 Å². The Morgan fingerprint density at radius 3 is 2.57 bits per heavy atom. The first-order valence-corrected chi connectivity index (χ1v) is 9.32. The molecule has 7 heteroatoms. The average molecular weight is 384 g/mol. The van der Waals surface area contributed by atoms with E-state index in [4.69, 9.17) is 14.2 Å². The van der Waals surface area contributed by atoms with Crippen LogP contribution in [-0.2, 0) is 9.59 Å². The zero-order valence-electron chi connectivity index (χ0n) is 15.8. The predicted molar refractivity (Wildman–Crippen MR) is 105 cm³/mol. The molecule has 0 fully saturated rings. The maximum atomic E-state index is 12.1. The van der Waals surface area contributed by atoms with Crippen LogP contribution in [0.15, 0.2) is 48.5 Å². The zero-order chi connectivity index (χ0) is 19.8. The lowest BCUT2D eigenvalue weighted by Crippen LogP contribution is -2.41. The lowest BCUT2D eigenvalue weighted by Gasteiger charge is -2.29. The second-order valence-corrected chi connectivity index (χ2v) is 6.15. The number of rotatable bonds is 9. The number of anilines is 1. The van der Waals surface area contributed by atoms with Gasteiger partial charge in [-0.2, -0.15) is 0 Å². The molecule has 0 atom stereocenters. The van der Waals surface area contributed by atoms with E-state index in [1.807, 2.05) is 55.5 Å². The molecule has 2 aromatic carbocycles. The van der Waals surface area contributed by atoms with Gasteiger partial charge in [-0.1, -0.05) is 12.1 Å². The Kier molecular flexibility index (Phi) is 6.73. The number of hydrogen-bond acceptors (Lipinski definition) is 5. The summed E-state index contributed by atoms with van der Waals surface area (Å²) in [4.78, 5) is 25.8. The van der Waals surface area contributed by atoms with E-state index in [0.29, 0.717) is 43.5 Å². The maximum Gasteiger partial charge on any atom is 0.265 e. The second kappa shape index (κ2) is 9.64. The largest absolute Gasteiger partial charge is 0.494 e. The first-order valence-electron chi connectivity index (χ1n) is 9.32. The minimum absolute atomic E-state index is 0.00540. The summed E-state index contributed by atoms with van der Waals surface area (Å²) in [5.41, 5.74) is 0.699. The van der Waals surface area contributed by atoms with E-state index in [9.17, 15) is 9.59 Å². The van der Waals surface area contributed by atoms with Gasteiger partial charge in [-0.05, 0) is 43.3 Å². The number of carbonyl (C=O) groups is 2. The summed E-state index contributed by atoms with van der Waals surface area (Å²) in [7, 11) is 0. The summed E-state index contributed by atoms with van der Waals surface area (Å²) in [5.74, 6) is 1.89. The topological polar surface area (TPSA) is 77.1 Å². The second-order valence-electron chi connectivity index (χ2n) is 6.15. The van der Waals surface area contributed by atoms with E-state index in [0.717, 1.165) is 5.75 Å². The van der Waals surface area contributed by atoms with Gasteiger partial charge in [0, 0.05) is 13.0 Å². The Hall–Kier alpha value is -3.22. The van der Waals surface area contributed by atoms with Crippen LogP contribution >= 0.6 is 0 Å². The number of para-hydroxylation sites is 2. The van der Waals surface area contributed by atoms with Gasteiger partial charge >= 0.3 is 0 Å². The van der Waals surface area contributed by atoms with Crippen LogP contribution in [0.4, 0.5) is 5.69 Å². The lowest BCUT2D eigenvalue weighted by molar-refractivity contribution is -0.122. The van der Waals surface area contributed by atoms with Crippen LogP contribution in [0.1, 0.15) is 13.3 Å². The molecule has 1 aliphatic rings. The third-order valence-corrected chi connectivity index (χ3v) is 4.20. The summed E-state index contributed by atoms with van der Waals surface area (Å²) in [5, 5.41) is 2.81. The van der Waals surface area contributed by atoms with Gasteiger partial charge in [0.25, 0.3) is 5.91 Å². The van der Waals surface area contributed by atoms with Crippen molar-refractivity contribution in [1.82, 2.24) is 5.32 Å². The predicted octanol–water partition coefficient (Wildman–Crippen LogP) is 2.40. The number of ether oxygens (including phenoxy) is 3. The Morgan fingerprint density at radius 2 is 1.82 bits per heavy atom. The lowest BCUT2D eigenvalue weighted by atomic mass is 10.2. The normalized spacial score (nSPS) is 12.8. The quantitative estimate of drug-likeness (QED) is 0.672. The summed E-state index contributed by atoms with van der Waals surface area (Å²) < 4.78 is 16.4. The molecule has 1 aliphatic heterocycles. The fraction of sp³-hybridized carbons (Fsp3) is 0.333. The monoisotopic (exact) mass is 384 g/mol. The highest BCUT2D eigenvalue weighted by molar-refractivity contribution is 5.98. The van der Waals surface area contributed by atoms with Crippen LogP contribution in [0.3, 0.4) is 0 Å². The summed E-state index contributed by atoms with van der Waals surface area (Å²) in [6, 6.07) is 14.7. The van der Waals surface area contributed by atoms with Crippen LogP contribution in [-0.4, -0.2) is 44.7 Å². The van der Waals surface area contributed by atoms with Crippen molar-refractivity contribution in [2.24, 2.45) is 0 Å². The van der Waals surface area contributed by atoms with E-state index in [1.165, 1.54) is 0 Å². The molecule has 2 aromatic rings. The standard InChI is InChI=1S/C21H24N2O5/c1-2-26-16-7-9-17(10-8-16)27-14-12-22-20(24)11-13-23-18-5-3-4-6-19(18)28-15-21(23)25/h3-10H,2,11-15H2,1H3,(H,22,24). The summed E-state index contributed by atoms with van der Waals surface area (Å²) in [6.45, 7) is 3.60. The minimum atomic E-state index is -0.148. The van der Waals surface area contributed by atoms with Gasteiger partial charge in [-0.15, -0.1) is 0 Å². The highest BCUT2D eigenvalue weighted by Gasteiger charge is 2.25. The molecule has 2 amide bonds. The van der Waals surface area contributed by atoms with Crippen molar-refractivity contribution >= 4 is 17.5 Å². The number of nitrogens with zero attached hydrogens (tertiary/aromatic N) is 1. The van der Waals surface area contributed by atoms with E-state index < -0.39 is 0 Å². The van der Waals surface area contributed by atoms with Gasteiger partial charge in [0.2, 0.25) is 5.91 Å². The van der Waals surface area contributed by atoms with Crippen molar-refractivity contribution in [3.63, 3.8) is 0 Å².